The lowest BCUT2D eigenvalue weighted by Crippen LogP contribution is -1.90. The predicted octanol–water partition coefficient (Wildman–Crippen LogP) is 11.5. The summed E-state index contributed by atoms with van der Waals surface area (Å²) in [5.41, 5.74) is 4.34. The van der Waals surface area contributed by atoms with Gasteiger partial charge in [-0.2, -0.15) is 0 Å². The molecule has 1 nitrogen and oxygen atoms in total. The minimum absolute atomic E-state index is 0.0778. The molecular formula is C40H24O. The first kappa shape index (κ1) is 18.0. The van der Waals surface area contributed by atoms with Crippen molar-refractivity contribution >= 4 is 64.8 Å². The van der Waals surface area contributed by atoms with Gasteiger partial charge >= 0.3 is 0 Å². The SMILES string of the molecule is [2H]c1c([2H])c([2H])c2c([2H])c3c(-c4cccc5ccccc45)c(-c4coc5c4ccc4c6ccccc6ccc45)ccc3cc2c1[2H]. The quantitative estimate of drug-likeness (QED) is 0.162. The van der Waals surface area contributed by atoms with E-state index < -0.39 is 0 Å². The van der Waals surface area contributed by atoms with Gasteiger partial charge in [-0.15, -0.1) is 0 Å². The molecule has 0 spiro atoms. The first-order chi connectivity index (χ1) is 22.4. The summed E-state index contributed by atoms with van der Waals surface area (Å²) in [6.45, 7) is 0. The smallest absolute Gasteiger partial charge is 0.142 e. The number of benzene rings is 8. The zero-order valence-corrected chi connectivity index (χ0v) is 21.9. The Balaban J connectivity index is 1.44. The van der Waals surface area contributed by atoms with Crippen LogP contribution < -0.4 is 0 Å². The molecule has 9 aromatic rings. The number of rotatable bonds is 2. The second-order valence-corrected chi connectivity index (χ2v) is 10.5. The van der Waals surface area contributed by atoms with Crippen molar-refractivity contribution < 1.29 is 11.3 Å². The van der Waals surface area contributed by atoms with Gasteiger partial charge < -0.3 is 4.42 Å². The highest BCUT2D eigenvalue weighted by atomic mass is 16.3. The Bertz CT molecular complexity index is 2750. The van der Waals surface area contributed by atoms with Gasteiger partial charge in [0.15, 0.2) is 0 Å². The van der Waals surface area contributed by atoms with Crippen LogP contribution in [0.1, 0.15) is 6.85 Å². The van der Waals surface area contributed by atoms with Crippen LogP contribution in [0.2, 0.25) is 0 Å². The third-order valence-electron chi connectivity index (χ3n) is 8.31. The summed E-state index contributed by atoms with van der Waals surface area (Å²) >= 11 is 0. The van der Waals surface area contributed by atoms with Crippen molar-refractivity contribution in [1.29, 1.82) is 0 Å². The van der Waals surface area contributed by atoms with Crippen molar-refractivity contribution in [2.24, 2.45) is 0 Å². The summed E-state index contributed by atoms with van der Waals surface area (Å²) in [4.78, 5) is 0. The van der Waals surface area contributed by atoms with Gasteiger partial charge in [0.2, 0.25) is 0 Å². The van der Waals surface area contributed by atoms with E-state index in [4.69, 9.17) is 9.90 Å². The summed E-state index contributed by atoms with van der Waals surface area (Å²) in [6, 6.07) is 36.0. The fraction of sp³-hybridized carbons (Fsp3) is 0. The van der Waals surface area contributed by atoms with Gasteiger partial charge in [-0.05, 0) is 89.4 Å². The Morgan fingerprint density at radius 3 is 2.05 bits per heavy atom. The van der Waals surface area contributed by atoms with E-state index in [1.165, 1.54) is 5.39 Å². The highest BCUT2D eigenvalue weighted by Gasteiger charge is 2.19. The lowest BCUT2D eigenvalue weighted by atomic mass is 9.86. The van der Waals surface area contributed by atoms with E-state index in [1.807, 2.05) is 42.5 Å². The number of furan rings is 1. The molecule has 9 rings (SSSR count). The molecular weight excluding hydrogens is 496 g/mol. The summed E-state index contributed by atoms with van der Waals surface area (Å²) in [7, 11) is 0. The van der Waals surface area contributed by atoms with E-state index in [0.717, 1.165) is 65.5 Å². The van der Waals surface area contributed by atoms with Crippen molar-refractivity contribution in [1.82, 2.24) is 0 Å². The summed E-state index contributed by atoms with van der Waals surface area (Å²) in [5, 5.41) is 9.44. The van der Waals surface area contributed by atoms with Gasteiger partial charge in [0.25, 0.3) is 0 Å². The number of fused-ring (bicyclic) bond motifs is 8. The maximum Gasteiger partial charge on any atom is 0.142 e. The highest BCUT2D eigenvalue weighted by molar-refractivity contribution is 6.20. The maximum absolute atomic E-state index is 9.53. The van der Waals surface area contributed by atoms with E-state index in [1.54, 1.807) is 12.3 Å². The molecule has 0 aliphatic heterocycles. The average Bonchev–Trinajstić information content (AvgIpc) is 3.53. The van der Waals surface area contributed by atoms with Gasteiger partial charge in [-0.1, -0.05) is 115 Å². The first-order valence-corrected chi connectivity index (χ1v) is 13.7. The molecule has 0 atom stereocenters. The zero-order valence-electron chi connectivity index (χ0n) is 26.9. The van der Waals surface area contributed by atoms with Crippen LogP contribution in [0.25, 0.3) is 87.1 Å². The van der Waals surface area contributed by atoms with E-state index >= 15 is 0 Å². The predicted molar refractivity (Wildman–Crippen MR) is 175 cm³/mol. The molecule has 0 unspecified atom stereocenters. The molecule has 0 amide bonds. The standard InChI is InChI=1S/C40H24O/c1-2-11-28-23-37-29(22-27(28)10-1)17-18-34(39(37)33-15-7-12-25-8-3-6-14-31(25)33)38-24-41-40-35-19-16-26-9-4-5-13-30(26)32(35)20-21-36(38)40/h1-24H/i1D,2D,10D,11D,23D. The van der Waals surface area contributed by atoms with Crippen molar-refractivity contribution in [3.8, 4) is 22.3 Å². The van der Waals surface area contributed by atoms with E-state index in [-0.39, 0.29) is 35.6 Å². The molecule has 41 heavy (non-hydrogen) atoms. The highest BCUT2D eigenvalue weighted by Crippen LogP contribution is 2.45. The molecule has 0 bridgehead atoms. The molecule has 0 radical (unpaired) electrons. The molecule has 0 aliphatic carbocycles. The number of hydrogen-bond acceptors (Lipinski definition) is 1. The molecule has 1 aromatic heterocycles. The molecule has 0 N–H and O–H groups in total. The van der Waals surface area contributed by atoms with Crippen LogP contribution in [-0.4, -0.2) is 0 Å². The molecule has 1 heterocycles. The molecule has 0 saturated carbocycles. The Labute approximate surface area is 243 Å². The second kappa shape index (κ2) is 8.55. The fourth-order valence-corrected chi connectivity index (χ4v) is 6.42. The zero-order chi connectivity index (χ0) is 31.3. The minimum Gasteiger partial charge on any atom is -0.463 e. The van der Waals surface area contributed by atoms with Crippen LogP contribution in [0.15, 0.2) is 150 Å². The normalized spacial score (nSPS) is 13.6. The lowest BCUT2D eigenvalue weighted by molar-refractivity contribution is 0.620. The van der Waals surface area contributed by atoms with Crippen molar-refractivity contribution in [3.05, 3.63) is 146 Å². The van der Waals surface area contributed by atoms with Crippen LogP contribution >= 0.6 is 0 Å². The molecule has 0 fully saturated rings. The van der Waals surface area contributed by atoms with Crippen LogP contribution in [0.3, 0.4) is 0 Å². The molecule has 8 aromatic carbocycles. The van der Waals surface area contributed by atoms with Crippen molar-refractivity contribution in [3.63, 3.8) is 0 Å². The molecule has 0 aliphatic rings. The van der Waals surface area contributed by atoms with Crippen molar-refractivity contribution in [2.45, 2.75) is 0 Å². The van der Waals surface area contributed by atoms with Crippen LogP contribution in [0.4, 0.5) is 0 Å². The van der Waals surface area contributed by atoms with Crippen LogP contribution in [-0.2, 0) is 0 Å². The molecule has 1 heteroatoms. The summed E-state index contributed by atoms with van der Waals surface area (Å²) in [6.07, 6.45) is 1.80. The van der Waals surface area contributed by atoms with Gasteiger partial charge in [-0.3, -0.25) is 0 Å². The van der Waals surface area contributed by atoms with Gasteiger partial charge in [0.1, 0.15) is 5.58 Å². The Morgan fingerprint density at radius 2 is 1.15 bits per heavy atom. The molecule has 0 saturated heterocycles. The van der Waals surface area contributed by atoms with Crippen molar-refractivity contribution in [2.75, 3.05) is 0 Å². The fourth-order valence-electron chi connectivity index (χ4n) is 6.42. The minimum atomic E-state index is -0.339. The third kappa shape index (κ3) is 3.30. The van der Waals surface area contributed by atoms with Crippen LogP contribution in [0.5, 0.6) is 0 Å². The Hall–Kier alpha value is -5.40. The third-order valence-corrected chi connectivity index (χ3v) is 8.31. The largest absolute Gasteiger partial charge is 0.463 e. The Morgan fingerprint density at radius 1 is 0.439 bits per heavy atom. The van der Waals surface area contributed by atoms with E-state index in [2.05, 4.69) is 60.7 Å². The second-order valence-electron chi connectivity index (χ2n) is 10.5. The summed E-state index contributed by atoms with van der Waals surface area (Å²) in [5.74, 6) is 0. The van der Waals surface area contributed by atoms with E-state index in [9.17, 15) is 1.37 Å². The first-order valence-electron chi connectivity index (χ1n) is 16.2. The molecule has 190 valence electrons. The van der Waals surface area contributed by atoms with Gasteiger partial charge in [-0.25, -0.2) is 0 Å². The van der Waals surface area contributed by atoms with Gasteiger partial charge in [0, 0.05) is 16.3 Å². The van der Waals surface area contributed by atoms with E-state index in [0.29, 0.717) is 10.8 Å². The topological polar surface area (TPSA) is 13.1 Å². The summed E-state index contributed by atoms with van der Waals surface area (Å²) < 4.78 is 49.9. The number of hydrogen-bond donors (Lipinski definition) is 0. The average molecular weight is 526 g/mol. The Kier molecular flexibility index (Phi) is 3.76. The maximum atomic E-state index is 9.53. The van der Waals surface area contributed by atoms with Gasteiger partial charge in [0.05, 0.1) is 13.1 Å². The lowest BCUT2D eigenvalue weighted by Gasteiger charge is -2.16. The monoisotopic (exact) mass is 525 g/mol. The van der Waals surface area contributed by atoms with Crippen LogP contribution in [0, 0.1) is 0 Å².